The summed E-state index contributed by atoms with van der Waals surface area (Å²) < 4.78 is 0. The molecule has 0 amide bonds. The minimum absolute atomic E-state index is 0.0145. The summed E-state index contributed by atoms with van der Waals surface area (Å²) in [5.74, 6) is 0.241. The lowest BCUT2D eigenvalue weighted by molar-refractivity contribution is -0.118. The van der Waals surface area contributed by atoms with Gasteiger partial charge in [0.2, 0.25) is 0 Å². The van der Waals surface area contributed by atoms with Gasteiger partial charge in [-0.25, -0.2) is 0 Å². The number of Topliss-reactive ketones (excluding diaryl/α,β-unsaturated/α-hetero) is 1. The number of rotatable bonds is 1. The molecule has 0 radical (unpaired) electrons. The Balaban J connectivity index is 1.90. The first-order valence-electron chi connectivity index (χ1n) is 8.88. The molecule has 0 fully saturated rings. The zero-order chi connectivity index (χ0) is 17.6. The van der Waals surface area contributed by atoms with E-state index in [9.17, 15) is 4.79 Å². The Bertz CT molecular complexity index is 879. The monoisotopic (exact) mass is 332 g/mol. The van der Waals surface area contributed by atoms with Crippen LogP contribution in [0.15, 0.2) is 59.8 Å². The van der Waals surface area contributed by atoms with Crippen LogP contribution in [-0.2, 0) is 4.79 Å². The minimum Gasteiger partial charge on any atom is -0.372 e. The standard InChI is InChI=1S/C22H24N2O/c1-14-7-6-8-15(11-14)21-20-18(12-22(2,3)13-19(20)25)23-16-9-4-5-10-17(16)24-21/h4-11,21,23-24H,12-13H2,1-3H3. The van der Waals surface area contributed by atoms with Crippen molar-refractivity contribution in [2.75, 3.05) is 10.6 Å². The summed E-state index contributed by atoms with van der Waals surface area (Å²) in [6.45, 7) is 6.43. The van der Waals surface area contributed by atoms with Crippen LogP contribution in [0.2, 0.25) is 0 Å². The highest BCUT2D eigenvalue weighted by Gasteiger charge is 2.38. The molecule has 2 aliphatic rings. The molecular formula is C22H24N2O. The van der Waals surface area contributed by atoms with Crippen molar-refractivity contribution in [3.63, 3.8) is 0 Å². The topological polar surface area (TPSA) is 41.1 Å². The Labute approximate surface area is 149 Å². The Morgan fingerprint density at radius 1 is 1.00 bits per heavy atom. The van der Waals surface area contributed by atoms with Gasteiger partial charge in [-0.1, -0.05) is 55.8 Å². The largest absolute Gasteiger partial charge is 0.372 e. The van der Waals surface area contributed by atoms with Crippen LogP contribution in [0, 0.1) is 12.3 Å². The van der Waals surface area contributed by atoms with Gasteiger partial charge in [-0.3, -0.25) is 4.79 Å². The molecule has 0 saturated heterocycles. The number of carbonyl (C=O) groups excluding carboxylic acids is 1. The van der Waals surface area contributed by atoms with Crippen molar-refractivity contribution < 1.29 is 4.79 Å². The van der Waals surface area contributed by atoms with Gasteiger partial charge in [-0.2, -0.15) is 0 Å². The first-order chi connectivity index (χ1) is 11.9. The zero-order valence-corrected chi connectivity index (χ0v) is 15.0. The van der Waals surface area contributed by atoms with Gasteiger partial charge in [0, 0.05) is 17.7 Å². The van der Waals surface area contributed by atoms with Gasteiger partial charge < -0.3 is 10.6 Å². The van der Waals surface area contributed by atoms with E-state index in [1.807, 2.05) is 12.1 Å². The number of para-hydroxylation sites is 2. The van der Waals surface area contributed by atoms with Gasteiger partial charge in [-0.15, -0.1) is 0 Å². The molecule has 2 N–H and O–H groups in total. The average molecular weight is 332 g/mol. The van der Waals surface area contributed by atoms with E-state index >= 15 is 0 Å². The fourth-order valence-corrected chi connectivity index (χ4v) is 3.99. The van der Waals surface area contributed by atoms with Gasteiger partial charge in [0.05, 0.1) is 17.4 Å². The van der Waals surface area contributed by atoms with Crippen molar-refractivity contribution in [1.82, 2.24) is 0 Å². The molecule has 1 heterocycles. The number of allylic oxidation sites excluding steroid dienone is 1. The van der Waals surface area contributed by atoms with Crippen LogP contribution in [-0.4, -0.2) is 5.78 Å². The fraction of sp³-hybridized carbons (Fsp3) is 0.318. The Morgan fingerprint density at radius 3 is 2.52 bits per heavy atom. The predicted molar refractivity (Wildman–Crippen MR) is 103 cm³/mol. The minimum atomic E-state index is -0.116. The molecule has 3 nitrogen and oxygen atoms in total. The smallest absolute Gasteiger partial charge is 0.163 e. The van der Waals surface area contributed by atoms with Crippen molar-refractivity contribution in [2.45, 2.75) is 39.7 Å². The maximum Gasteiger partial charge on any atom is 0.163 e. The molecule has 1 aliphatic heterocycles. The third-order valence-corrected chi connectivity index (χ3v) is 5.10. The van der Waals surface area contributed by atoms with Crippen LogP contribution >= 0.6 is 0 Å². The third-order valence-electron chi connectivity index (χ3n) is 5.10. The molecule has 0 aromatic heterocycles. The lowest BCUT2D eigenvalue weighted by atomic mass is 9.73. The summed E-state index contributed by atoms with van der Waals surface area (Å²) in [6, 6.07) is 16.5. The quantitative estimate of drug-likeness (QED) is 0.752. The lowest BCUT2D eigenvalue weighted by Crippen LogP contribution is -2.31. The summed E-state index contributed by atoms with van der Waals surface area (Å²) in [7, 11) is 0. The van der Waals surface area contributed by atoms with Crippen LogP contribution in [0.4, 0.5) is 11.4 Å². The van der Waals surface area contributed by atoms with E-state index in [1.54, 1.807) is 0 Å². The van der Waals surface area contributed by atoms with Crippen LogP contribution in [0.5, 0.6) is 0 Å². The zero-order valence-electron chi connectivity index (χ0n) is 15.0. The molecule has 1 unspecified atom stereocenters. The van der Waals surface area contributed by atoms with Gasteiger partial charge in [0.1, 0.15) is 0 Å². The summed E-state index contributed by atoms with van der Waals surface area (Å²) in [5.41, 5.74) is 6.35. The third kappa shape index (κ3) is 2.95. The molecular weight excluding hydrogens is 308 g/mol. The van der Waals surface area contributed by atoms with E-state index in [1.165, 1.54) is 5.56 Å². The molecule has 2 aromatic carbocycles. The average Bonchev–Trinajstić information content (AvgIpc) is 2.70. The first kappa shape index (κ1) is 15.9. The van der Waals surface area contributed by atoms with Crippen molar-refractivity contribution >= 4 is 17.2 Å². The molecule has 25 heavy (non-hydrogen) atoms. The van der Waals surface area contributed by atoms with Crippen molar-refractivity contribution in [2.24, 2.45) is 5.41 Å². The first-order valence-corrected chi connectivity index (χ1v) is 8.88. The number of ketones is 1. The summed E-state index contributed by atoms with van der Waals surface area (Å²) in [5, 5.41) is 7.18. The van der Waals surface area contributed by atoms with E-state index in [4.69, 9.17) is 0 Å². The molecule has 2 aromatic rings. The number of fused-ring (bicyclic) bond motifs is 1. The summed E-state index contributed by atoms with van der Waals surface area (Å²) in [4.78, 5) is 13.1. The molecule has 0 saturated carbocycles. The summed E-state index contributed by atoms with van der Waals surface area (Å²) in [6.07, 6.45) is 1.47. The Hall–Kier alpha value is -2.55. The van der Waals surface area contributed by atoms with Crippen LogP contribution in [0.25, 0.3) is 0 Å². The van der Waals surface area contributed by atoms with Gasteiger partial charge >= 0.3 is 0 Å². The van der Waals surface area contributed by atoms with Gasteiger partial charge in [0.15, 0.2) is 5.78 Å². The predicted octanol–water partition coefficient (Wildman–Crippen LogP) is 5.22. The fourth-order valence-electron chi connectivity index (χ4n) is 3.99. The highest BCUT2D eigenvalue weighted by atomic mass is 16.1. The normalized spacial score (nSPS) is 21.6. The number of benzene rings is 2. The van der Waals surface area contributed by atoms with E-state index < -0.39 is 0 Å². The maximum atomic E-state index is 13.1. The molecule has 0 spiro atoms. The SMILES string of the molecule is Cc1cccc(C2Nc3ccccc3NC3=C2C(=O)CC(C)(C)C3)c1. The molecule has 1 aliphatic carbocycles. The molecule has 1 atom stereocenters. The number of hydrogen-bond acceptors (Lipinski definition) is 3. The van der Waals surface area contributed by atoms with Crippen LogP contribution in [0.3, 0.4) is 0 Å². The van der Waals surface area contributed by atoms with E-state index in [-0.39, 0.29) is 17.2 Å². The highest BCUT2D eigenvalue weighted by molar-refractivity contribution is 6.01. The number of anilines is 2. The van der Waals surface area contributed by atoms with Crippen LogP contribution < -0.4 is 10.6 Å². The summed E-state index contributed by atoms with van der Waals surface area (Å²) >= 11 is 0. The van der Waals surface area contributed by atoms with E-state index in [0.717, 1.165) is 34.6 Å². The van der Waals surface area contributed by atoms with Gasteiger partial charge in [-0.05, 0) is 36.5 Å². The molecule has 128 valence electrons. The maximum absolute atomic E-state index is 13.1. The second kappa shape index (κ2) is 5.76. The van der Waals surface area contributed by atoms with E-state index in [0.29, 0.717) is 6.42 Å². The van der Waals surface area contributed by atoms with Gasteiger partial charge in [0.25, 0.3) is 0 Å². The molecule has 4 rings (SSSR count). The number of aryl methyl sites for hydroxylation is 1. The molecule has 3 heteroatoms. The second-order valence-corrected chi connectivity index (χ2v) is 8.00. The van der Waals surface area contributed by atoms with Crippen molar-refractivity contribution in [1.29, 1.82) is 0 Å². The highest BCUT2D eigenvalue weighted by Crippen LogP contribution is 2.45. The lowest BCUT2D eigenvalue weighted by Gasteiger charge is -2.34. The second-order valence-electron chi connectivity index (χ2n) is 8.00. The van der Waals surface area contributed by atoms with Crippen molar-refractivity contribution in [3.8, 4) is 0 Å². The molecule has 0 bridgehead atoms. The number of hydrogen-bond donors (Lipinski definition) is 2. The van der Waals surface area contributed by atoms with Crippen molar-refractivity contribution in [3.05, 3.63) is 70.9 Å². The van der Waals surface area contributed by atoms with E-state index in [2.05, 4.69) is 67.8 Å². The Kier molecular flexibility index (Phi) is 3.68. The van der Waals surface area contributed by atoms with Crippen LogP contribution in [0.1, 0.15) is 43.9 Å². The number of carbonyl (C=O) groups is 1. The number of nitrogens with one attached hydrogen (secondary N) is 2. The Morgan fingerprint density at radius 2 is 1.76 bits per heavy atom.